The molecule has 0 aromatic rings. The Morgan fingerprint density at radius 1 is 0.917 bits per heavy atom. The first kappa shape index (κ1) is 22.1. The molecular formula is C20H30O4. The molecule has 0 unspecified atom stereocenters. The number of aliphatic carboxylic acids is 1. The second kappa shape index (κ2) is 16.0. The summed E-state index contributed by atoms with van der Waals surface area (Å²) in [6.07, 6.45) is 20.9. The molecule has 0 saturated heterocycles. The molecule has 0 radical (unpaired) electrons. The molecular weight excluding hydrogens is 304 g/mol. The van der Waals surface area contributed by atoms with Gasteiger partial charge in [0.25, 0.3) is 0 Å². The van der Waals surface area contributed by atoms with Crippen molar-refractivity contribution in [3.05, 3.63) is 60.8 Å². The van der Waals surface area contributed by atoms with E-state index in [1.54, 1.807) is 36.5 Å². The molecule has 0 rings (SSSR count). The van der Waals surface area contributed by atoms with Gasteiger partial charge in [-0.2, -0.15) is 0 Å². The zero-order valence-corrected chi connectivity index (χ0v) is 14.4. The maximum atomic E-state index is 10.3. The van der Waals surface area contributed by atoms with Crippen molar-refractivity contribution in [2.75, 3.05) is 0 Å². The van der Waals surface area contributed by atoms with Gasteiger partial charge in [0.15, 0.2) is 0 Å². The van der Waals surface area contributed by atoms with Crippen molar-refractivity contribution in [2.24, 2.45) is 0 Å². The van der Waals surface area contributed by atoms with Gasteiger partial charge in [-0.25, -0.2) is 0 Å². The fourth-order valence-electron chi connectivity index (χ4n) is 1.82. The summed E-state index contributed by atoms with van der Waals surface area (Å²) in [4.78, 5) is 10.3. The molecule has 0 fully saturated rings. The minimum atomic E-state index is -0.845. The predicted molar refractivity (Wildman–Crippen MR) is 98.7 cm³/mol. The molecule has 4 nitrogen and oxygen atoms in total. The van der Waals surface area contributed by atoms with Crippen molar-refractivity contribution < 1.29 is 20.1 Å². The summed E-state index contributed by atoms with van der Waals surface area (Å²) in [5.41, 5.74) is 0. The van der Waals surface area contributed by atoms with Crippen LogP contribution in [-0.2, 0) is 4.79 Å². The SMILES string of the molecule is CC/C=C/C/C=C\C[C@@H](O)/C=C/C=C/C=C\[C@@H](O)CCCC(=O)O. The standard InChI is InChI=1S/C20H30O4/c1-2-3-4-5-6-9-13-18(21)14-10-7-8-11-15-19(22)16-12-17-20(23)24/h3-4,6-11,14-15,18-19,21-22H,2,5,12-13,16-17H2,1H3,(H,23,24)/b4-3+,8-7+,9-6-,14-10+,15-11-/t18-,19-/m1/s1. The molecule has 4 heteroatoms. The third-order valence-corrected chi connectivity index (χ3v) is 3.11. The fourth-order valence-corrected chi connectivity index (χ4v) is 1.82. The van der Waals surface area contributed by atoms with Gasteiger partial charge in [-0.1, -0.05) is 67.7 Å². The lowest BCUT2D eigenvalue weighted by Crippen LogP contribution is -2.03. The van der Waals surface area contributed by atoms with Crippen LogP contribution in [-0.4, -0.2) is 33.5 Å². The van der Waals surface area contributed by atoms with Gasteiger partial charge < -0.3 is 15.3 Å². The minimum Gasteiger partial charge on any atom is -0.481 e. The van der Waals surface area contributed by atoms with Crippen molar-refractivity contribution in [3.63, 3.8) is 0 Å². The summed E-state index contributed by atoms with van der Waals surface area (Å²) in [5.74, 6) is -0.845. The maximum Gasteiger partial charge on any atom is 0.303 e. The Hall–Kier alpha value is -1.91. The highest BCUT2D eigenvalue weighted by atomic mass is 16.4. The normalized spacial score (nSPS) is 15.5. The number of aliphatic hydroxyl groups is 2. The van der Waals surface area contributed by atoms with E-state index in [1.807, 2.05) is 12.2 Å². The predicted octanol–water partition coefficient (Wildman–Crippen LogP) is 3.93. The van der Waals surface area contributed by atoms with E-state index in [-0.39, 0.29) is 6.42 Å². The van der Waals surface area contributed by atoms with Crippen LogP contribution in [0.2, 0.25) is 0 Å². The highest BCUT2D eigenvalue weighted by Crippen LogP contribution is 2.02. The van der Waals surface area contributed by atoms with Gasteiger partial charge in [0, 0.05) is 6.42 Å². The first-order chi connectivity index (χ1) is 11.6. The maximum absolute atomic E-state index is 10.3. The second-order valence-corrected chi connectivity index (χ2v) is 5.40. The molecule has 0 aliphatic heterocycles. The van der Waals surface area contributed by atoms with E-state index in [2.05, 4.69) is 19.1 Å². The smallest absolute Gasteiger partial charge is 0.303 e. The van der Waals surface area contributed by atoms with Gasteiger partial charge >= 0.3 is 5.97 Å². The summed E-state index contributed by atoms with van der Waals surface area (Å²) in [5, 5.41) is 27.8. The van der Waals surface area contributed by atoms with E-state index in [0.29, 0.717) is 19.3 Å². The van der Waals surface area contributed by atoms with E-state index in [1.165, 1.54) is 0 Å². The van der Waals surface area contributed by atoms with Gasteiger partial charge in [-0.15, -0.1) is 0 Å². The minimum absolute atomic E-state index is 0.0741. The molecule has 0 aromatic heterocycles. The summed E-state index contributed by atoms with van der Waals surface area (Å²) in [7, 11) is 0. The van der Waals surface area contributed by atoms with Crippen molar-refractivity contribution in [1.29, 1.82) is 0 Å². The van der Waals surface area contributed by atoms with Crippen LogP contribution >= 0.6 is 0 Å². The number of carboxylic acid groups (broad SMARTS) is 1. The number of aliphatic hydroxyl groups excluding tert-OH is 2. The quantitative estimate of drug-likeness (QED) is 0.352. The summed E-state index contributed by atoms with van der Waals surface area (Å²) < 4.78 is 0. The van der Waals surface area contributed by atoms with E-state index in [4.69, 9.17) is 5.11 Å². The molecule has 0 aliphatic carbocycles. The summed E-state index contributed by atoms with van der Waals surface area (Å²) in [6.45, 7) is 2.09. The zero-order valence-electron chi connectivity index (χ0n) is 14.4. The van der Waals surface area contributed by atoms with Crippen LogP contribution in [0.1, 0.15) is 45.4 Å². The first-order valence-electron chi connectivity index (χ1n) is 8.45. The van der Waals surface area contributed by atoms with E-state index in [9.17, 15) is 15.0 Å². The number of rotatable bonds is 13. The van der Waals surface area contributed by atoms with Crippen LogP contribution in [0.25, 0.3) is 0 Å². The van der Waals surface area contributed by atoms with Crippen molar-refractivity contribution in [3.8, 4) is 0 Å². The Labute approximate surface area is 145 Å². The highest BCUT2D eigenvalue weighted by molar-refractivity contribution is 5.66. The monoisotopic (exact) mass is 334 g/mol. The van der Waals surface area contributed by atoms with E-state index in [0.717, 1.165) is 12.8 Å². The lowest BCUT2D eigenvalue weighted by molar-refractivity contribution is -0.137. The van der Waals surface area contributed by atoms with Crippen LogP contribution < -0.4 is 0 Å². The summed E-state index contributed by atoms with van der Waals surface area (Å²) in [6, 6.07) is 0. The van der Waals surface area contributed by atoms with Gasteiger partial charge in [-0.05, 0) is 32.1 Å². The van der Waals surface area contributed by atoms with Gasteiger partial charge in [0.1, 0.15) is 0 Å². The number of allylic oxidation sites excluding steroid dienone is 7. The van der Waals surface area contributed by atoms with E-state index < -0.39 is 18.2 Å². The van der Waals surface area contributed by atoms with Gasteiger partial charge in [-0.3, -0.25) is 4.79 Å². The number of hydrogen-bond donors (Lipinski definition) is 3. The third kappa shape index (κ3) is 16.5. The van der Waals surface area contributed by atoms with E-state index >= 15 is 0 Å². The Balaban J connectivity index is 3.87. The van der Waals surface area contributed by atoms with Gasteiger partial charge in [0.05, 0.1) is 12.2 Å². The van der Waals surface area contributed by atoms with Crippen LogP contribution in [0, 0.1) is 0 Å². The molecule has 0 aliphatic rings. The first-order valence-corrected chi connectivity index (χ1v) is 8.45. The van der Waals surface area contributed by atoms with Crippen molar-refractivity contribution >= 4 is 5.97 Å². The van der Waals surface area contributed by atoms with Crippen LogP contribution in [0.5, 0.6) is 0 Å². The average molecular weight is 334 g/mol. The molecule has 0 bridgehead atoms. The molecule has 24 heavy (non-hydrogen) atoms. The average Bonchev–Trinajstić information content (AvgIpc) is 2.53. The lowest BCUT2D eigenvalue weighted by atomic mass is 10.1. The Kier molecular flexibility index (Phi) is 14.7. The summed E-state index contributed by atoms with van der Waals surface area (Å²) >= 11 is 0. The topological polar surface area (TPSA) is 77.8 Å². The Bertz CT molecular complexity index is 458. The Morgan fingerprint density at radius 2 is 1.54 bits per heavy atom. The largest absolute Gasteiger partial charge is 0.481 e. The number of carboxylic acids is 1. The highest BCUT2D eigenvalue weighted by Gasteiger charge is 2.01. The third-order valence-electron chi connectivity index (χ3n) is 3.11. The van der Waals surface area contributed by atoms with Gasteiger partial charge in [0.2, 0.25) is 0 Å². The van der Waals surface area contributed by atoms with Crippen LogP contribution in [0.15, 0.2) is 60.8 Å². The van der Waals surface area contributed by atoms with Crippen molar-refractivity contribution in [2.45, 2.75) is 57.7 Å². The number of carbonyl (C=O) groups is 1. The fraction of sp³-hybridized carbons (Fsp3) is 0.450. The lowest BCUT2D eigenvalue weighted by Gasteiger charge is -2.02. The molecule has 0 amide bonds. The molecule has 0 saturated carbocycles. The number of hydrogen-bond acceptors (Lipinski definition) is 3. The second-order valence-electron chi connectivity index (χ2n) is 5.40. The van der Waals surface area contributed by atoms with Crippen molar-refractivity contribution in [1.82, 2.24) is 0 Å². The molecule has 0 spiro atoms. The van der Waals surface area contributed by atoms with Crippen LogP contribution in [0.4, 0.5) is 0 Å². The molecule has 0 heterocycles. The zero-order chi connectivity index (χ0) is 18.0. The molecule has 134 valence electrons. The molecule has 3 N–H and O–H groups in total. The Morgan fingerprint density at radius 3 is 2.17 bits per heavy atom. The van der Waals surface area contributed by atoms with Crippen LogP contribution in [0.3, 0.4) is 0 Å². The molecule has 0 aromatic carbocycles. The molecule has 2 atom stereocenters.